The SMILES string of the molecule is COc1cccc(OC)c1C(=O)c1cccc(P=S)c1C(=O)c1c(OC)cccc1OC. The Bertz CT molecular complexity index is 1150. The molecule has 32 heavy (non-hydrogen) atoms. The van der Waals surface area contributed by atoms with Gasteiger partial charge < -0.3 is 18.9 Å². The van der Waals surface area contributed by atoms with Crippen LogP contribution in [-0.4, -0.2) is 40.0 Å². The third-order valence-corrected chi connectivity index (χ3v) is 6.08. The van der Waals surface area contributed by atoms with Gasteiger partial charge in [0.15, 0.2) is 0 Å². The van der Waals surface area contributed by atoms with Gasteiger partial charge in [0.05, 0.1) is 28.4 Å². The third kappa shape index (κ3) is 4.22. The summed E-state index contributed by atoms with van der Waals surface area (Å²) >= 11 is 5.25. The molecule has 0 aliphatic carbocycles. The van der Waals surface area contributed by atoms with Crippen LogP contribution in [0.4, 0.5) is 0 Å². The first-order valence-electron chi connectivity index (χ1n) is 9.50. The van der Waals surface area contributed by atoms with Crippen molar-refractivity contribution in [3.8, 4) is 23.0 Å². The number of methoxy groups -OCH3 is 4. The minimum Gasteiger partial charge on any atom is -0.496 e. The Morgan fingerprint density at radius 1 is 0.625 bits per heavy atom. The second-order valence-electron chi connectivity index (χ2n) is 6.52. The number of rotatable bonds is 9. The van der Waals surface area contributed by atoms with Crippen LogP contribution in [0.2, 0.25) is 0 Å². The normalized spacial score (nSPS) is 10.5. The van der Waals surface area contributed by atoms with Crippen LogP contribution in [0.3, 0.4) is 0 Å². The molecule has 0 aliphatic heterocycles. The highest BCUT2D eigenvalue weighted by atomic mass is 32.4. The number of carbonyl (C=O) groups is 2. The Morgan fingerprint density at radius 3 is 1.44 bits per heavy atom. The molecule has 0 fully saturated rings. The molecule has 0 saturated heterocycles. The lowest BCUT2D eigenvalue weighted by atomic mass is 9.91. The van der Waals surface area contributed by atoms with Gasteiger partial charge in [-0.2, -0.15) is 0 Å². The average molecular weight is 468 g/mol. The van der Waals surface area contributed by atoms with Gasteiger partial charge in [0.2, 0.25) is 11.6 Å². The van der Waals surface area contributed by atoms with Crippen LogP contribution < -0.4 is 24.3 Å². The van der Waals surface area contributed by atoms with E-state index in [0.29, 0.717) is 35.7 Å². The van der Waals surface area contributed by atoms with Gasteiger partial charge in [-0.1, -0.05) is 36.1 Å². The van der Waals surface area contributed by atoms with E-state index in [0.717, 1.165) is 0 Å². The largest absolute Gasteiger partial charge is 0.496 e. The van der Waals surface area contributed by atoms with Gasteiger partial charge in [-0.15, -0.1) is 0 Å². The highest BCUT2D eigenvalue weighted by Gasteiger charge is 2.29. The van der Waals surface area contributed by atoms with E-state index in [2.05, 4.69) is 0 Å². The van der Waals surface area contributed by atoms with Crippen molar-refractivity contribution in [1.29, 1.82) is 0 Å². The summed E-state index contributed by atoms with van der Waals surface area (Å²) in [6, 6.07) is 15.1. The van der Waals surface area contributed by atoms with Crippen molar-refractivity contribution >= 4 is 36.0 Å². The van der Waals surface area contributed by atoms with Gasteiger partial charge in [0, 0.05) is 23.8 Å². The fourth-order valence-corrected chi connectivity index (χ4v) is 4.37. The van der Waals surface area contributed by atoms with Gasteiger partial charge in [-0.05, 0) is 30.3 Å². The van der Waals surface area contributed by atoms with E-state index in [1.54, 1.807) is 54.6 Å². The van der Waals surface area contributed by atoms with Crippen molar-refractivity contribution in [2.45, 2.75) is 0 Å². The molecule has 0 heterocycles. The van der Waals surface area contributed by atoms with Crippen molar-refractivity contribution in [3.05, 3.63) is 76.9 Å². The minimum absolute atomic E-state index is 0.181. The Balaban J connectivity index is 2.30. The summed E-state index contributed by atoms with van der Waals surface area (Å²) in [5, 5.41) is 0.526. The quantitative estimate of drug-likeness (QED) is 0.344. The van der Waals surface area contributed by atoms with Crippen molar-refractivity contribution in [2.75, 3.05) is 28.4 Å². The molecule has 0 aromatic heterocycles. The van der Waals surface area contributed by atoms with Crippen LogP contribution in [0.1, 0.15) is 31.8 Å². The molecule has 8 heteroatoms. The van der Waals surface area contributed by atoms with Crippen molar-refractivity contribution in [2.24, 2.45) is 0 Å². The maximum Gasteiger partial charge on any atom is 0.202 e. The van der Waals surface area contributed by atoms with E-state index in [9.17, 15) is 9.59 Å². The molecule has 0 radical (unpaired) electrons. The van der Waals surface area contributed by atoms with Crippen LogP contribution >= 0.6 is 7.36 Å². The molecule has 164 valence electrons. The first-order chi connectivity index (χ1) is 15.5. The van der Waals surface area contributed by atoms with Crippen LogP contribution in [0.25, 0.3) is 0 Å². The Kier molecular flexibility index (Phi) is 7.57. The predicted octanol–water partition coefficient (Wildman–Crippen LogP) is 4.22. The number of ketones is 2. The van der Waals surface area contributed by atoms with E-state index in [1.807, 2.05) is 0 Å². The zero-order valence-electron chi connectivity index (χ0n) is 18.0. The Hall–Kier alpha value is -3.28. The molecule has 3 aromatic carbocycles. The first-order valence-corrected chi connectivity index (χ1v) is 11.4. The monoisotopic (exact) mass is 468 g/mol. The molecular weight excluding hydrogens is 447 g/mol. The molecular formula is C24H21O6PS. The summed E-state index contributed by atoms with van der Waals surface area (Å²) in [7, 11) is 6.28. The zero-order valence-corrected chi connectivity index (χ0v) is 19.7. The number of hydrogen-bond donors (Lipinski definition) is 0. The maximum absolute atomic E-state index is 13.8. The lowest BCUT2D eigenvalue weighted by Crippen LogP contribution is -2.20. The van der Waals surface area contributed by atoms with E-state index < -0.39 is 11.6 Å². The molecule has 3 aromatic rings. The van der Waals surface area contributed by atoms with Gasteiger partial charge in [0.1, 0.15) is 34.1 Å². The van der Waals surface area contributed by atoms with Crippen LogP contribution in [0.5, 0.6) is 23.0 Å². The minimum atomic E-state index is -0.426. The van der Waals surface area contributed by atoms with Crippen molar-refractivity contribution in [3.63, 3.8) is 0 Å². The summed E-state index contributed by atoms with van der Waals surface area (Å²) in [5.41, 5.74) is 0.798. The van der Waals surface area contributed by atoms with Gasteiger partial charge in [-0.25, -0.2) is 0 Å². The molecule has 6 nitrogen and oxygen atoms in total. The van der Waals surface area contributed by atoms with Crippen LogP contribution in [-0.2, 0) is 11.8 Å². The van der Waals surface area contributed by atoms with Crippen LogP contribution in [0.15, 0.2) is 54.6 Å². The third-order valence-electron chi connectivity index (χ3n) is 4.92. The van der Waals surface area contributed by atoms with Crippen LogP contribution in [0, 0.1) is 0 Å². The van der Waals surface area contributed by atoms with Gasteiger partial charge in [-0.3, -0.25) is 9.59 Å². The predicted molar refractivity (Wildman–Crippen MR) is 126 cm³/mol. The Labute approximate surface area is 192 Å². The van der Waals surface area contributed by atoms with Crippen molar-refractivity contribution < 1.29 is 28.5 Å². The second-order valence-corrected chi connectivity index (χ2v) is 7.74. The smallest absolute Gasteiger partial charge is 0.202 e. The lowest BCUT2D eigenvalue weighted by Gasteiger charge is -2.17. The van der Waals surface area contributed by atoms with Gasteiger partial charge >= 0.3 is 0 Å². The van der Waals surface area contributed by atoms with E-state index in [-0.39, 0.29) is 22.3 Å². The second kappa shape index (κ2) is 10.4. The topological polar surface area (TPSA) is 71.1 Å². The summed E-state index contributed by atoms with van der Waals surface area (Å²) in [5.74, 6) is 0.492. The number of ether oxygens (including phenoxy) is 4. The maximum atomic E-state index is 13.8. The molecule has 3 rings (SSSR count). The Morgan fingerprint density at radius 2 is 1.03 bits per heavy atom. The van der Waals surface area contributed by atoms with E-state index in [1.165, 1.54) is 28.4 Å². The average Bonchev–Trinajstić information content (AvgIpc) is 2.85. The lowest BCUT2D eigenvalue weighted by molar-refractivity contribution is 0.0997. The number of benzene rings is 3. The number of hydrogen-bond acceptors (Lipinski definition) is 7. The standard InChI is InChI=1S/C24H21O6PS/c1-27-15-9-6-10-16(28-2)21(15)23(25)14-8-5-13-19(31-32)20(14)24(26)22-17(29-3)11-7-12-18(22)30-4/h5-13H,1-4H3. The molecule has 0 aliphatic rings. The van der Waals surface area contributed by atoms with E-state index in [4.69, 9.17) is 30.8 Å². The fraction of sp³-hybridized carbons (Fsp3) is 0.167. The fourth-order valence-electron chi connectivity index (χ4n) is 3.45. The molecule has 0 spiro atoms. The summed E-state index contributed by atoms with van der Waals surface area (Å²) in [6.45, 7) is 0. The summed E-state index contributed by atoms with van der Waals surface area (Å²) in [4.78, 5) is 27.6. The molecule has 0 unspecified atom stereocenters. The summed E-state index contributed by atoms with van der Waals surface area (Å²) in [6.07, 6.45) is 0. The highest BCUT2D eigenvalue weighted by Crippen LogP contribution is 2.35. The summed E-state index contributed by atoms with van der Waals surface area (Å²) < 4.78 is 21.6. The molecule has 0 bridgehead atoms. The molecule has 0 amide bonds. The molecule has 0 atom stereocenters. The molecule has 0 saturated carbocycles. The molecule has 0 N–H and O–H groups in total. The van der Waals surface area contributed by atoms with Gasteiger partial charge in [0.25, 0.3) is 0 Å². The zero-order chi connectivity index (χ0) is 23.3. The highest BCUT2D eigenvalue weighted by molar-refractivity contribution is 7.99. The first kappa shape index (κ1) is 23.4. The van der Waals surface area contributed by atoms with E-state index >= 15 is 0 Å². The van der Waals surface area contributed by atoms with Crippen molar-refractivity contribution in [1.82, 2.24) is 0 Å². The number of carbonyl (C=O) groups excluding carboxylic acids is 2.